The molecule has 4 nitrogen and oxygen atoms in total. The zero-order valence-electron chi connectivity index (χ0n) is 7.67. The molecule has 0 bridgehead atoms. The van der Waals surface area contributed by atoms with Crippen LogP contribution in [-0.2, 0) is 9.47 Å². The van der Waals surface area contributed by atoms with Crippen LogP contribution in [0.1, 0.15) is 6.42 Å². The molecule has 0 radical (unpaired) electrons. The van der Waals surface area contributed by atoms with Crippen LogP contribution in [0.15, 0.2) is 0 Å². The lowest BCUT2D eigenvalue weighted by molar-refractivity contribution is -0.102. The summed E-state index contributed by atoms with van der Waals surface area (Å²) in [5.74, 6) is 0. The zero-order valence-corrected chi connectivity index (χ0v) is 7.67. The Morgan fingerprint density at radius 1 is 1.75 bits per heavy atom. The first-order valence-electron chi connectivity index (χ1n) is 4.19. The highest BCUT2D eigenvalue weighted by atomic mass is 16.5. The van der Waals surface area contributed by atoms with E-state index >= 15 is 0 Å². The summed E-state index contributed by atoms with van der Waals surface area (Å²) in [6.07, 6.45) is 0.736. The van der Waals surface area contributed by atoms with Gasteiger partial charge in [0.05, 0.1) is 18.8 Å². The monoisotopic (exact) mass is 175 g/mol. The van der Waals surface area contributed by atoms with Gasteiger partial charge in [-0.1, -0.05) is 0 Å². The van der Waals surface area contributed by atoms with E-state index < -0.39 is 0 Å². The van der Waals surface area contributed by atoms with Crippen molar-refractivity contribution in [2.75, 3.05) is 34.0 Å². The van der Waals surface area contributed by atoms with Gasteiger partial charge in [-0.2, -0.15) is 0 Å². The van der Waals surface area contributed by atoms with Crippen LogP contribution >= 0.6 is 0 Å². The fourth-order valence-electron chi connectivity index (χ4n) is 1.60. The molecule has 12 heavy (non-hydrogen) atoms. The number of hydrogen-bond donors (Lipinski definition) is 2. The number of ether oxygens (including phenoxy) is 2. The van der Waals surface area contributed by atoms with E-state index in [1.807, 2.05) is 7.05 Å². The number of methoxy groups -OCH3 is 1. The molecular formula is C8H17NO3. The van der Waals surface area contributed by atoms with E-state index in [1.165, 1.54) is 0 Å². The van der Waals surface area contributed by atoms with E-state index in [-0.39, 0.29) is 18.2 Å². The molecule has 1 aliphatic rings. The summed E-state index contributed by atoms with van der Waals surface area (Å²) in [7, 11) is 3.48. The maximum Gasteiger partial charge on any atom is 0.101 e. The van der Waals surface area contributed by atoms with Crippen molar-refractivity contribution in [1.29, 1.82) is 0 Å². The molecule has 1 heterocycles. The third-order valence-corrected chi connectivity index (χ3v) is 2.64. The Kier molecular flexibility index (Phi) is 3.46. The van der Waals surface area contributed by atoms with E-state index in [1.54, 1.807) is 7.11 Å². The molecule has 2 atom stereocenters. The van der Waals surface area contributed by atoms with Crippen LogP contribution in [0.2, 0.25) is 0 Å². The van der Waals surface area contributed by atoms with Crippen LogP contribution in [0.4, 0.5) is 0 Å². The van der Waals surface area contributed by atoms with Crippen molar-refractivity contribution in [2.45, 2.75) is 18.1 Å². The van der Waals surface area contributed by atoms with Crippen molar-refractivity contribution in [3.8, 4) is 0 Å². The molecule has 2 unspecified atom stereocenters. The lowest BCUT2D eigenvalue weighted by atomic mass is 9.88. The molecule has 4 heteroatoms. The van der Waals surface area contributed by atoms with Gasteiger partial charge in [0, 0.05) is 13.7 Å². The van der Waals surface area contributed by atoms with Crippen molar-refractivity contribution >= 4 is 0 Å². The van der Waals surface area contributed by atoms with E-state index in [4.69, 9.17) is 9.47 Å². The summed E-state index contributed by atoms with van der Waals surface area (Å²) in [6.45, 7) is 1.32. The Hall–Kier alpha value is -0.160. The van der Waals surface area contributed by atoms with E-state index in [0.29, 0.717) is 13.2 Å². The fraction of sp³-hybridized carbons (Fsp3) is 1.00. The van der Waals surface area contributed by atoms with Crippen LogP contribution < -0.4 is 5.32 Å². The molecule has 0 aromatic carbocycles. The van der Waals surface area contributed by atoms with Crippen molar-refractivity contribution in [1.82, 2.24) is 5.32 Å². The lowest BCUT2D eigenvalue weighted by Crippen LogP contribution is -2.61. The molecule has 0 aliphatic carbocycles. The Bertz CT molecular complexity index is 136. The van der Waals surface area contributed by atoms with Crippen molar-refractivity contribution in [2.24, 2.45) is 0 Å². The number of aliphatic hydroxyl groups is 1. The van der Waals surface area contributed by atoms with Gasteiger partial charge in [-0.05, 0) is 13.5 Å². The minimum Gasteiger partial charge on any atom is -0.394 e. The van der Waals surface area contributed by atoms with E-state index in [9.17, 15) is 5.11 Å². The molecule has 1 saturated heterocycles. The first-order chi connectivity index (χ1) is 5.79. The zero-order chi connectivity index (χ0) is 9.03. The van der Waals surface area contributed by atoms with Gasteiger partial charge in [0.1, 0.15) is 6.10 Å². The van der Waals surface area contributed by atoms with Crippen molar-refractivity contribution in [3.63, 3.8) is 0 Å². The van der Waals surface area contributed by atoms with E-state index in [2.05, 4.69) is 5.32 Å². The maximum atomic E-state index is 9.25. The van der Waals surface area contributed by atoms with Crippen molar-refractivity contribution in [3.05, 3.63) is 0 Å². The predicted octanol–water partition coefficient (Wildman–Crippen LogP) is -0.628. The minimum atomic E-state index is -0.312. The highest BCUT2D eigenvalue weighted by Gasteiger charge is 2.39. The van der Waals surface area contributed by atoms with Gasteiger partial charge in [0.25, 0.3) is 0 Å². The van der Waals surface area contributed by atoms with Crippen LogP contribution in [0.5, 0.6) is 0 Å². The molecular weight excluding hydrogens is 158 g/mol. The molecule has 1 rings (SSSR count). The van der Waals surface area contributed by atoms with Gasteiger partial charge < -0.3 is 19.9 Å². The van der Waals surface area contributed by atoms with Gasteiger partial charge in [-0.3, -0.25) is 0 Å². The van der Waals surface area contributed by atoms with E-state index in [0.717, 1.165) is 6.42 Å². The third-order valence-electron chi connectivity index (χ3n) is 2.64. The molecule has 0 amide bonds. The molecule has 1 fully saturated rings. The fourth-order valence-corrected chi connectivity index (χ4v) is 1.60. The highest BCUT2D eigenvalue weighted by molar-refractivity contribution is 4.96. The topological polar surface area (TPSA) is 50.7 Å². The Morgan fingerprint density at radius 2 is 2.50 bits per heavy atom. The van der Waals surface area contributed by atoms with Gasteiger partial charge >= 0.3 is 0 Å². The molecule has 1 aliphatic heterocycles. The Morgan fingerprint density at radius 3 is 2.92 bits per heavy atom. The molecule has 0 aromatic heterocycles. The lowest BCUT2D eigenvalue weighted by Gasteiger charge is -2.41. The average Bonchev–Trinajstić information content (AvgIpc) is 2.17. The van der Waals surface area contributed by atoms with Crippen LogP contribution in [0, 0.1) is 0 Å². The second-order valence-corrected chi connectivity index (χ2v) is 3.11. The number of rotatable bonds is 3. The summed E-state index contributed by atoms with van der Waals surface area (Å²) < 4.78 is 10.5. The highest BCUT2D eigenvalue weighted by Crippen LogP contribution is 2.22. The standard InChI is InChI=1S/C8H17NO3/c1-9-8(6-10)3-4-12-5-7(8)11-2/h7,9-10H,3-6H2,1-2H3. The summed E-state index contributed by atoms with van der Waals surface area (Å²) >= 11 is 0. The first kappa shape index (κ1) is 9.92. The van der Waals surface area contributed by atoms with Crippen LogP contribution in [0.3, 0.4) is 0 Å². The Labute approximate surface area is 72.9 Å². The largest absolute Gasteiger partial charge is 0.394 e. The number of likely N-dealkylation sites (N-methyl/N-ethyl adjacent to an activating group) is 1. The normalized spacial score (nSPS) is 36.8. The first-order valence-corrected chi connectivity index (χ1v) is 4.19. The smallest absolute Gasteiger partial charge is 0.101 e. The summed E-state index contributed by atoms with van der Waals surface area (Å²) in [4.78, 5) is 0. The number of nitrogens with one attached hydrogen (secondary N) is 1. The Balaban J connectivity index is 2.66. The van der Waals surface area contributed by atoms with Gasteiger partial charge in [-0.15, -0.1) is 0 Å². The molecule has 0 saturated carbocycles. The predicted molar refractivity (Wildman–Crippen MR) is 45.1 cm³/mol. The third kappa shape index (κ3) is 1.61. The van der Waals surface area contributed by atoms with Gasteiger partial charge in [0.2, 0.25) is 0 Å². The molecule has 0 spiro atoms. The van der Waals surface area contributed by atoms with Crippen molar-refractivity contribution < 1.29 is 14.6 Å². The van der Waals surface area contributed by atoms with Gasteiger partial charge in [-0.25, -0.2) is 0 Å². The SMILES string of the molecule is CNC1(CO)CCOCC1OC. The minimum absolute atomic E-state index is 0.0544. The van der Waals surface area contributed by atoms with Crippen LogP contribution in [0.25, 0.3) is 0 Å². The summed E-state index contributed by atoms with van der Waals surface area (Å²) in [5.41, 5.74) is -0.312. The van der Waals surface area contributed by atoms with Crippen LogP contribution in [-0.4, -0.2) is 50.7 Å². The van der Waals surface area contributed by atoms with Gasteiger partial charge in [0.15, 0.2) is 0 Å². The second-order valence-electron chi connectivity index (χ2n) is 3.11. The summed E-state index contributed by atoms with van der Waals surface area (Å²) in [6, 6.07) is 0. The molecule has 72 valence electrons. The molecule has 2 N–H and O–H groups in total. The number of aliphatic hydroxyl groups excluding tert-OH is 1. The second kappa shape index (κ2) is 4.18. The number of hydrogen-bond acceptors (Lipinski definition) is 4. The summed E-state index contributed by atoms with van der Waals surface area (Å²) in [5, 5.41) is 12.4. The average molecular weight is 175 g/mol. The maximum absolute atomic E-state index is 9.25. The quantitative estimate of drug-likeness (QED) is 0.600. The molecule has 0 aromatic rings.